The van der Waals surface area contributed by atoms with Gasteiger partial charge >= 0.3 is 6.61 Å². The second-order valence-electron chi connectivity index (χ2n) is 5.97. The molecule has 1 unspecified atom stereocenters. The zero-order valence-electron chi connectivity index (χ0n) is 15.7. The maximum Gasteiger partial charge on any atom is 0.387 e. The average molecular weight is 408 g/mol. The van der Waals surface area contributed by atoms with Crippen molar-refractivity contribution in [3.63, 3.8) is 0 Å². The Morgan fingerprint density at radius 2 is 1.97 bits per heavy atom. The molecular weight excluding hydrogens is 386 g/mol. The van der Waals surface area contributed by atoms with E-state index in [-0.39, 0.29) is 24.5 Å². The molecule has 2 aromatic rings. The van der Waals surface area contributed by atoms with E-state index in [2.05, 4.69) is 20.4 Å². The zero-order valence-corrected chi connectivity index (χ0v) is 15.7. The molecule has 0 aromatic heterocycles. The van der Waals surface area contributed by atoms with Crippen LogP contribution in [0.4, 0.5) is 14.5 Å². The Bertz CT molecular complexity index is 831. The number of alkyl halides is 2. The van der Waals surface area contributed by atoms with E-state index in [1.54, 1.807) is 12.1 Å². The number of hydrogen-bond donors (Lipinski definition) is 3. The molecule has 10 heteroatoms. The van der Waals surface area contributed by atoms with Crippen molar-refractivity contribution in [2.75, 3.05) is 13.1 Å². The van der Waals surface area contributed by atoms with Gasteiger partial charge in [0.2, 0.25) is 0 Å². The Kier molecular flexibility index (Phi) is 8.28. The summed E-state index contributed by atoms with van der Waals surface area (Å²) in [5.74, 6) is 0.437. The molecule has 29 heavy (non-hydrogen) atoms. The second kappa shape index (κ2) is 10.9. The third-order valence-electron chi connectivity index (χ3n) is 3.84. The van der Waals surface area contributed by atoms with Crippen molar-refractivity contribution >= 4 is 11.6 Å². The Labute approximate surface area is 166 Å². The molecule has 0 fully saturated rings. The summed E-state index contributed by atoms with van der Waals surface area (Å²) in [7, 11) is 0. The quantitative estimate of drug-likeness (QED) is 0.255. The number of nitrogens with one attached hydrogen (secondary N) is 2. The minimum atomic E-state index is -2.91. The molecule has 0 bridgehead atoms. The summed E-state index contributed by atoms with van der Waals surface area (Å²) in [4.78, 5) is 14.7. The van der Waals surface area contributed by atoms with Gasteiger partial charge in [0.25, 0.3) is 5.69 Å². The Hall–Kier alpha value is -3.27. The van der Waals surface area contributed by atoms with Crippen molar-refractivity contribution in [3.8, 4) is 5.75 Å². The van der Waals surface area contributed by atoms with Gasteiger partial charge in [0.15, 0.2) is 5.96 Å². The van der Waals surface area contributed by atoms with E-state index in [1.807, 2.05) is 6.92 Å². The molecule has 0 aliphatic carbocycles. The molecule has 0 aliphatic rings. The summed E-state index contributed by atoms with van der Waals surface area (Å²) in [6, 6.07) is 11.9. The summed E-state index contributed by atoms with van der Waals surface area (Å²) in [6.07, 6.45) is -0.905. The number of aliphatic hydroxyl groups excluding tert-OH is 1. The van der Waals surface area contributed by atoms with E-state index in [0.717, 1.165) is 0 Å². The number of nitro benzene ring substituents is 1. The first kappa shape index (κ1) is 22.0. The number of rotatable bonds is 9. The lowest BCUT2D eigenvalue weighted by atomic mass is 10.1. The van der Waals surface area contributed by atoms with Gasteiger partial charge in [-0.25, -0.2) is 4.99 Å². The van der Waals surface area contributed by atoms with Crippen molar-refractivity contribution in [2.24, 2.45) is 4.99 Å². The van der Waals surface area contributed by atoms with Crippen LogP contribution in [0.3, 0.4) is 0 Å². The number of benzene rings is 2. The van der Waals surface area contributed by atoms with E-state index in [4.69, 9.17) is 0 Å². The minimum Gasteiger partial charge on any atom is -0.435 e. The zero-order chi connectivity index (χ0) is 21.2. The number of guanidine groups is 1. The topological polar surface area (TPSA) is 109 Å². The number of halogens is 2. The predicted octanol–water partition coefficient (Wildman–Crippen LogP) is 2.98. The van der Waals surface area contributed by atoms with Crippen molar-refractivity contribution in [1.29, 1.82) is 0 Å². The standard InChI is InChI=1S/C19H22F2N4O4/c1-2-22-19(23-11-13-4-3-5-15(10-13)25(27)28)24-12-17(26)14-6-8-16(9-7-14)29-18(20)21/h3-10,17-18,26H,2,11-12H2,1H3,(H2,22,23,24). The highest BCUT2D eigenvalue weighted by atomic mass is 19.3. The number of nitrogens with zero attached hydrogens (tertiary/aromatic N) is 2. The van der Waals surface area contributed by atoms with Crippen LogP contribution in [-0.4, -0.2) is 35.7 Å². The summed E-state index contributed by atoms with van der Waals surface area (Å²) < 4.78 is 28.6. The molecule has 0 spiro atoms. The van der Waals surface area contributed by atoms with Gasteiger partial charge in [-0.1, -0.05) is 24.3 Å². The number of aliphatic hydroxyl groups is 1. The van der Waals surface area contributed by atoms with Gasteiger partial charge in [-0.05, 0) is 30.2 Å². The fourth-order valence-electron chi connectivity index (χ4n) is 2.46. The Morgan fingerprint density at radius 3 is 2.59 bits per heavy atom. The number of hydrogen-bond acceptors (Lipinski definition) is 5. The van der Waals surface area contributed by atoms with Crippen molar-refractivity contribution in [3.05, 3.63) is 69.8 Å². The van der Waals surface area contributed by atoms with Crippen molar-refractivity contribution < 1.29 is 23.5 Å². The third kappa shape index (κ3) is 7.34. The molecule has 1 atom stereocenters. The SMILES string of the molecule is CCNC(=NCc1cccc([N+](=O)[O-])c1)NCC(O)c1ccc(OC(F)F)cc1. The molecule has 0 saturated heterocycles. The van der Waals surface area contributed by atoms with Gasteiger partial charge in [-0.15, -0.1) is 0 Å². The normalized spacial score (nSPS) is 12.5. The van der Waals surface area contributed by atoms with Crippen LogP contribution < -0.4 is 15.4 Å². The smallest absolute Gasteiger partial charge is 0.387 e. The number of ether oxygens (including phenoxy) is 1. The van der Waals surface area contributed by atoms with Crippen molar-refractivity contribution in [1.82, 2.24) is 10.6 Å². The Balaban J connectivity index is 1.96. The maximum atomic E-state index is 12.2. The third-order valence-corrected chi connectivity index (χ3v) is 3.84. The molecular formula is C19H22F2N4O4. The molecule has 156 valence electrons. The highest BCUT2D eigenvalue weighted by Gasteiger charge is 2.11. The van der Waals surface area contributed by atoms with E-state index < -0.39 is 17.6 Å². The number of non-ortho nitro benzene ring substituents is 1. The molecule has 0 aliphatic heterocycles. The Morgan fingerprint density at radius 1 is 1.24 bits per heavy atom. The van der Waals surface area contributed by atoms with Gasteiger partial charge in [0.1, 0.15) is 5.75 Å². The maximum absolute atomic E-state index is 12.2. The summed E-state index contributed by atoms with van der Waals surface area (Å²) >= 11 is 0. The highest BCUT2D eigenvalue weighted by Crippen LogP contribution is 2.19. The molecule has 8 nitrogen and oxygen atoms in total. The van der Waals surface area contributed by atoms with Crippen LogP contribution in [0.5, 0.6) is 5.75 Å². The lowest BCUT2D eigenvalue weighted by molar-refractivity contribution is -0.384. The number of aliphatic imine (C=N–C) groups is 1. The number of nitro groups is 1. The van der Waals surface area contributed by atoms with E-state index in [1.165, 1.54) is 36.4 Å². The largest absolute Gasteiger partial charge is 0.435 e. The van der Waals surface area contributed by atoms with Crippen LogP contribution in [0, 0.1) is 10.1 Å². The molecule has 2 aromatic carbocycles. The van der Waals surface area contributed by atoms with Crippen LogP contribution in [0.25, 0.3) is 0 Å². The molecule has 0 heterocycles. The first-order valence-electron chi connectivity index (χ1n) is 8.87. The molecule has 3 N–H and O–H groups in total. The average Bonchev–Trinajstić information content (AvgIpc) is 2.70. The van der Waals surface area contributed by atoms with E-state index >= 15 is 0 Å². The lowest BCUT2D eigenvalue weighted by Crippen LogP contribution is -2.39. The van der Waals surface area contributed by atoms with E-state index in [9.17, 15) is 24.0 Å². The fraction of sp³-hybridized carbons (Fsp3) is 0.316. The van der Waals surface area contributed by atoms with Gasteiger partial charge in [-0.2, -0.15) is 8.78 Å². The van der Waals surface area contributed by atoms with E-state index in [0.29, 0.717) is 23.6 Å². The van der Waals surface area contributed by atoms with Crippen molar-refractivity contribution in [2.45, 2.75) is 26.2 Å². The summed E-state index contributed by atoms with van der Waals surface area (Å²) in [5.41, 5.74) is 1.19. The van der Waals surface area contributed by atoms with Gasteiger partial charge in [0, 0.05) is 25.2 Å². The van der Waals surface area contributed by atoms with Gasteiger partial charge < -0.3 is 20.5 Å². The van der Waals surface area contributed by atoms with Gasteiger partial charge in [0.05, 0.1) is 17.6 Å². The fourth-order valence-corrected chi connectivity index (χ4v) is 2.46. The first-order valence-corrected chi connectivity index (χ1v) is 8.87. The molecule has 0 saturated carbocycles. The summed E-state index contributed by atoms with van der Waals surface area (Å²) in [6.45, 7) is -0.112. The van der Waals surface area contributed by atoms with Crippen LogP contribution in [0.15, 0.2) is 53.5 Å². The predicted molar refractivity (Wildman–Crippen MR) is 104 cm³/mol. The molecule has 0 amide bonds. The van der Waals surface area contributed by atoms with Crippen LogP contribution in [0.1, 0.15) is 24.2 Å². The lowest BCUT2D eigenvalue weighted by Gasteiger charge is -2.16. The van der Waals surface area contributed by atoms with Crippen LogP contribution in [0.2, 0.25) is 0 Å². The first-order chi connectivity index (χ1) is 13.9. The van der Waals surface area contributed by atoms with Crippen LogP contribution in [-0.2, 0) is 6.54 Å². The second-order valence-corrected chi connectivity index (χ2v) is 5.97. The minimum absolute atomic E-state index is 0.00893. The van der Waals surface area contributed by atoms with Gasteiger partial charge in [-0.3, -0.25) is 10.1 Å². The van der Waals surface area contributed by atoms with Crippen LogP contribution >= 0.6 is 0 Å². The summed E-state index contributed by atoms with van der Waals surface area (Å²) in [5, 5.41) is 27.1. The highest BCUT2D eigenvalue weighted by molar-refractivity contribution is 5.79. The monoisotopic (exact) mass is 408 g/mol. The molecule has 0 radical (unpaired) electrons. The molecule has 2 rings (SSSR count).